The fraction of sp³-hybridized carbons (Fsp3) is 0.533. The minimum Gasteiger partial charge on any atom is -0.497 e. The number of methoxy groups -OCH3 is 1. The van der Waals surface area contributed by atoms with Crippen LogP contribution in [0.2, 0.25) is 0 Å². The van der Waals surface area contributed by atoms with Gasteiger partial charge in [0.2, 0.25) is 5.91 Å². The van der Waals surface area contributed by atoms with Gasteiger partial charge in [-0.25, -0.2) is 0 Å². The quantitative estimate of drug-likeness (QED) is 0.821. The maximum absolute atomic E-state index is 12.0. The van der Waals surface area contributed by atoms with E-state index < -0.39 is 0 Å². The zero-order valence-electron chi connectivity index (χ0n) is 12.0. The molecule has 3 nitrogen and oxygen atoms in total. The molecule has 0 heterocycles. The van der Waals surface area contributed by atoms with Gasteiger partial charge in [0.05, 0.1) is 13.5 Å². The highest BCUT2D eigenvalue weighted by atomic mass is 16.5. The topological polar surface area (TPSA) is 29.5 Å². The fourth-order valence-corrected chi connectivity index (χ4v) is 1.85. The highest BCUT2D eigenvalue weighted by Gasteiger charge is 2.17. The third kappa shape index (κ3) is 4.78. The Morgan fingerprint density at radius 3 is 2.22 bits per heavy atom. The van der Waals surface area contributed by atoms with Crippen molar-refractivity contribution in [2.45, 2.75) is 27.2 Å². The Balaban J connectivity index is 2.58. The highest BCUT2D eigenvalue weighted by molar-refractivity contribution is 5.78. The van der Waals surface area contributed by atoms with E-state index in [2.05, 4.69) is 20.8 Å². The van der Waals surface area contributed by atoms with Gasteiger partial charge in [-0.1, -0.05) is 32.9 Å². The molecule has 1 rings (SSSR count). The molecule has 3 heteroatoms. The van der Waals surface area contributed by atoms with Gasteiger partial charge in [0.25, 0.3) is 0 Å². The first-order valence-electron chi connectivity index (χ1n) is 6.19. The fourth-order valence-electron chi connectivity index (χ4n) is 1.85. The van der Waals surface area contributed by atoms with Gasteiger partial charge in [0.1, 0.15) is 5.75 Å². The molecular formula is C15H23NO2. The number of carbonyl (C=O) groups excluding carboxylic acids is 1. The van der Waals surface area contributed by atoms with Gasteiger partial charge in [-0.15, -0.1) is 0 Å². The number of hydrogen-bond donors (Lipinski definition) is 0. The Labute approximate surface area is 110 Å². The van der Waals surface area contributed by atoms with Gasteiger partial charge in [-0.3, -0.25) is 4.79 Å². The van der Waals surface area contributed by atoms with Crippen molar-refractivity contribution >= 4 is 5.91 Å². The molecule has 1 aromatic rings. The maximum Gasteiger partial charge on any atom is 0.226 e. The molecule has 0 aliphatic heterocycles. The maximum atomic E-state index is 12.0. The molecular weight excluding hydrogens is 226 g/mol. The molecule has 100 valence electrons. The van der Waals surface area contributed by atoms with Crippen LogP contribution in [-0.2, 0) is 11.2 Å². The van der Waals surface area contributed by atoms with Crippen LogP contribution >= 0.6 is 0 Å². The number of likely N-dealkylation sites (N-methyl/N-ethyl adjacent to an activating group) is 1. The van der Waals surface area contributed by atoms with Crippen molar-refractivity contribution < 1.29 is 9.53 Å². The summed E-state index contributed by atoms with van der Waals surface area (Å²) in [4.78, 5) is 13.8. The van der Waals surface area contributed by atoms with Crippen molar-refractivity contribution in [3.63, 3.8) is 0 Å². The van der Waals surface area contributed by atoms with Gasteiger partial charge < -0.3 is 9.64 Å². The van der Waals surface area contributed by atoms with Crippen LogP contribution in [0.4, 0.5) is 0 Å². The molecule has 0 fully saturated rings. The van der Waals surface area contributed by atoms with Crippen molar-refractivity contribution in [2.24, 2.45) is 5.41 Å². The Morgan fingerprint density at radius 1 is 1.22 bits per heavy atom. The lowest BCUT2D eigenvalue weighted by molar-refractivity contribution is -0.130. The standard InChI is InChI=1S/C15H23NO2/c1-15(2,3)11-16(4)14(17)10-12-6-8-13(18-5)9-7-12/h6-9H,10-11H2,1-5H3. The number of nitrogens with zero attached hydrogens (tertiary/aromatic N) is 1. The van der Waals surface area contributed by atoms with E-state index in [0.29, 0.717) is 6.42 Å². The normalized spacial score (nSPS) is 11.2. The Bertz CT molecular complexity index is 390. The molecule has 0 spiro atoms. The summed E-state index contributed by atoms with van der Waals surface area (Å²) >= 11 is 0. The second-order valence-corrected chi connectivity index (χ2v) is 5.84. The lowest BCUT2D eigenvalue weighted by Crippen LogP contribution is -2.35. The summed E-state index contributed by atoms with van der Waals surface area (Å²) < 4.78 is 5.09. The van der Waals surface area contributed by atoms with E-state index in [1.54, 1.807) is 12.0 Å². The van der Waals surface area contributed by atoms with Gasteiger partial charge in [0, 0.05) is 13.6 Å². The van der Waals surface area contributed by atoms with Crippen LogP contribution in [0.5, 0.6) is 5.75 Å². The summed E-state index contributed by atoms with van der Waals surface area (Å²) in [6.45, 7) is 7.15. The predicted molar refractivity (Wildman–Crippen MR) is 73.8 cm³/mol. The molecule has 0 saturated heterocycles. The van der Waals surface area contributed by atoms with Gasteiger partial charge >= 0.3 is 0 Å². The van der Waals surface area contributed by atoms with Crippen LogP contribution in [0.15, 0.2) is 24.3 Å². The molecule has 0 radical (unpaired) electrons. The smallest absolute Gasteiger partial charge is 0.226 e. The van der Waals surface area contributed by atoms with Gasteiger partial charge in [0.15, 0.2) is 0 Å². The summed E-state index contributed by atoms with van der Waals surface area (Å²) in [5.74, 6) is 0.962. The van der Waals surface area contributed by atoms with Crippen molar-refractivity contribution in [3.8, 4) is 5.75 Å². The van der Waals surface area contributed by atoms with E-state index in [1.165, 1.54) is 0 Å². The summed E-state index contributed by atoms with van der Waals surface area (Å²) in [6.07, 6.45) is 0.441. The summed E-state index contributed by atoms with van der Waals surface area (Å²) in [7, 11) is 3.49. The summed E-state index contributed by atoms with van der Waals surface area (Å²) in [5, 5.41) is 0. The zero-order chi connectivity index (χ0) is 13.8. The SMILES string of the molecule is COc1ccc(CC(=O)N(C)CC(C)(C)C)cc1. The molecule has 0 atom stereocenters. The third-order valence-electron chi connectivity index (χ3n) is 2.65. The minimum absolute atomic E-state index is 0.129. The Kier molecular flexibility index (Phi) is 4.76. The highest BCUT2D eigenvalue weighted by Crippen LogP contribution is 2.16. The Morgan fingerprint density at radius 2 is 1.78 bits per heavy atom. The van der Waals surface area contributed by atoms with E-state index in [-0.39, 0.29) is 11.3 Å². The summed E-state index contributed by atoms with van der Waals surface area (Å²) in [6, 6.07) is 7.63. The molecule has 0 aliphatic rings. The van der Waals surface area contributed by atoms with E-state index in [9.17, 15) is 4.79 Å². The number of ether oxygens (including phenoxy) is 1. The van der Waals surface area contributed by atoms with Crippen LogP contribution in [-0.4, -0.2) is 31.5 Å². The van der Waals surface area contributed by atoms with Crippen LogP contribution in [0.1, 0.15) is 26.3 Å². The molecule has 0 aliphatic carbocycles. The van der Waals surface area contributed by atoms with Gasteiger partial charge in [-0.05, 0) is 23.1 Å². The van der Waals surface area contributed by atoms with Crippen LogP contribution in [0.3, 0.4) is 0 Å². The lowest BCUT2D eigenvalue weighted by atomic mass is 9.96. The first-order chi connectivity index (χ1) is 8.31. The molecule has 0 aromatic heterocycles. The van der Waals surface area contributed by atoms with Crippen molar-refractivity contribution in [1.82, 2.24) is 4.90 Å². The van der Waals surface area contributed by atoms with Crippen molar-refractivity contribution in [2.75, 3.05) is 20.7 Å². The second-order valence-electron chi connectivity index (χ2n) is 5.84. The largest absolute Gasteiger partial charge is 0.497 e. The Hall–Kier alpha value is -1.51. The number of rotatable bonds is 4. The number of carbonyl (C=O) groups is 1. The number of hydrogen-bond acceptors (Lipinski definition) is 2. The predicted octanol–water partition coefficient (Wildman–Crippen LogP) is 2.74. The molecule has 18 heavy (non-hydrogen) atoms. The van der Waals surface area contributed by atoms with E-state index in [1.807, 2.05) is 31.3 Å². The van der Waals surface area contributed by atoms with Crippen molar-refractivity contribution in [3.05, 3.63) is 29.8 Å². The molecule has 1 aromatic carbocycles. The minimum atomic E-state index is 0.129. The molecule has 1 amide bonds. The van der Waals surface area contributed by atoms with Crippen LogP contribution < -0.4 is 4.74 Å². The molecule has 0 N–H and O–H groups in total. The first kappa shape index (κ1) is 14.6. The van der Waals surface area contributed by atoms with E-state index in [4.69, 9.17) is 4.74 Å². The number of benzene rings is 1. The second kappa shape index (κ2) is 5.89. The lowest BCUT2D eigenvalue weighted by Gasteiger charge is -2.26. The first-order valence-corrected chi connectivity index (χ1v) is 6.19. The summed E-state index contributed by atoms with van der Waals surface area (Å²) in [5.41, 5.74) is 1.14. The van der Waals surface area contributed by atoms with E-state index in [0.717, 1.165) is 17.9 Å². The third-order valence-corrected chi connectivity index (χ3v) is 2.65. The van der Waals surface area contributed by atoms with Crippen LogP contribution in [0, 0.1) is 5.41 Å². The molecule has 0 unspecified atom stereocenters. The average Bonchev–Trinajstić information content (AvgIpc) is 2.27. The van der Waals surface area contributed by atoms with Crippen LogP contribution in [0.25, 0.3) is 0 Å². The van der Waals surface area contributed by atoms with Crippen molar-refractivity contribution in [1.29, 1.82) is 0 Å². The zero-order valence-corrected chi connectivity index (χ0v) is 12.0. The average molecular weight is 249 g/mol. The molecule has 0 saturated carbocycles. The number of amides is 1. The molecule has 0 bridgehead atoms. The van der Waals surface area contributed by atoms with Gasteiger partial charge in [-0.2, -0.15) is 0 Å². The van der Waals surface area contributed by atoms with E-state index >= 15 is 0 Å². The monoisotopic (exact) mass is 249 g/mol.